The molecule has 1 heterocycles. The van der Waals surface area contributed by atoms with Crippen LogP contribution in [0.15, 0.2) is 18.2 Å². The van der Waals surface area contributed by atoms with Gasteiger partial charge < -0.3 is 4.90 Å². The van der Waals surface area contributed by atoms with Crippen LogP contribution in [0.2, 0.25) is 0 Å². The summed E-state index contributed by atoms with van der Waals surface area (Å²) in [4.78, 5) is 12.8. The van der Waals surface area contributed by atoms with Crippen LogP contribution in [0.3, 0.4) is 0 Å². The van der Waals surface area contributed by atoms with Gasteiger partial charge in [-0.3, -0.25) is 10.1 Å². The van der Waals surface area contributed by atoms with E-state index in [-0.39, 0.29) is 10.6 Å². The third kappa shape index (κ3) is 2.93. The number of nitro groups is 1. The number of nitrogens with zero attached hydrogens (tertiary/aromatic N) is 2. The highest BCUT2D eigenvalue weighted by Crippen LogP contribution is 2.30. The fourth-order valence-electron chi connectivity index (χ4n) is 2.55. The van der Waals surface area contributed by atoms with Gasteiger partial charge in [0.15, 0.2) is 0 Å². The molecule has 0 aromatic heterocycles. The molecular formula is C13H17IN2O2. The van der Waals surface area contributed by atoms with Crippen molar-refractivity contribution >= 4 is 34.0 Å². The van der Waals surface area contributed by atoms with E-state index in [0.29, 0.717) is 3.57 Å². The SMILES string of the molecule is CCCC1CCN(c2ccc([N+](=O)[O-])c(I)c2)C1. The molecule has 0 bridgehead atoms. The van der Waals surface area contributed by atoms with Crippen LogP contribution in [0.5, 0.6) is 0 Å². The topological polar surface area (TPSA) is 46.4 Å². The highest BCUT2D eigenvalue weighted by Gasteiger charge is 2.23. The van der Waals surface area contributed by atoms with Crippen molar-refractivity contribution in [2.45, 2.75) is 26.2 Å². The predicted molar refractivity (Wildman–Crippen MR) is 81.0 cm³/mol. The number of hydrogen-bond acceptors (Lipinski definition) is 3. The number of halogens is 1. The third-order valence-electron chi connectivity index (χ3n) is 3.48. The molecule has 98 valence electrons. The van der Waals surface area contributed by atoms with Gasteiger partial charge in [-0.2, -0.15) is 0 Å². The second-order valence-corrected chi connectivity index (χ2v) is 5.94. The summed E-state index contributed by atoms with van der Waals surface area (Å²) < 4.78 is 0.717. The van der Waals surface area contributed by atoms with Gasteiger partial charge in [-0.15, -0.1) is 0 Å². The van der Waals surface area contributed by atoms with Crippen LogP contribution in [0.4, 0.5) is 11.4 Å². The summed E-state index contributed by atoms with van der Waals surface area (Å²) in [5, 5.41) is 10.8. The molecule has 0 amide bonds. The number of hydrogen-bond donors (Lipinski definition) is 0. The van der Waals surface area contributed by atoms with E-state index in [2.05, 4.69) is 11.8 Å². The number of benzene rings is 1. The average molecular weight is 360 g/mol. The van der Waals surface area contributed by atoms with E-state index in [1.165, 1.54) is 19.3 Å². The number of nitro benzene ring substituents is 1. The minimum Gasteiger partial charge on any atom is -0.371 e. The smallest absolute Gasteiger partial charge is 0.282 e. The summed E-state index contributed by atoms with van der Waals surface area (Å²) >= 11 is 2.04. The first kappa shape index (κ1) is 13.6. The Morgan fingerprint density at radius 2 is 2.33 bits per heavy atom. The largest absolute Gasteiger partial charge is 0.371 e. The summed E-state index contributed by atoms with van der Waals surface area (Å²) in [5.41, 5.74) is 1.31. The molecule has 4 nitrogen and oxygen atoms in total. The quantitative estimate of drug-likeness (QED) is 0.466. The molecule has 2 rings (SSSR count). The van der Waals surface area contributed by atoms with Crippen LogP contribution in [0.1, 0.15) is 26.2 Å². The monoisotopic (exact) mass is 360 g/mol. The molecule has 0 spiro atoms. The van der Waals surface area contributed by atoms with Gasteiger partial charge in [-0.1, -0.05) is 13.3 Å². The molecule has 1 aromatic carbocycles. The Kier molecular flexibility index (Phi) is 4.42. The van der Waals surface area contributed by atoms with Crippen molar-refractivity contribution in [1.82, 2.24) is 0 Å². The normalized spacial score (nSPS) is 19.2. The molecule has 1 aliphatic rings. The highest BCUT2D eigenvalue weighted by atomic mass is 127. The van der Waals surface area contributed by atoms with E-state index in [1.54, 1.807) is 6.07 Å². The molecule has 1 aromatic rings. The first-order valence-electron chi connectivity index (χ1n) is 6.30. The van der Waals surface area contributed by atoms with E-state index < -0.39 is 0 Å². The molecule has 1 fully saturated rings. The van der Waals surface area contributed by atoms with Gasteiger partial charge in [0, 0.05) is 24.8 Å². The van der Waals surface area contributed by atoms with Crippen LogP contribution in [-0.2, 0) is 0 Å². The van der Waals surface area contributed by atoms with Crippen molar-refractivity contribution in [2.75, 3.05) is 18.0 Å². The second-order valence-electron chi connectivity index (χ2n) is 4.78. The fourth-order valence-corrected chi connectivity index (χ4v) is 3.25. The van der Waals surface area contributed by atoms with E-state index >= 15 is 0 Å². The van der Waals surface area contributed by atoms with Gasteiger partial charge in [0.05, 0.1) is 8.49 Å². The molecule has 0 radical (unpaired) electrons. The lowest BCUT2D eigenvalue weighted by Crippen LogP contribution is -2.19. The molecule has 0 aliphatic carbocycles. The lowest BCUT2D eigenvalue weighted by molar-refractivity contribution is -0.385. The minimum atomic E-state index is -0.324. The van der Waals surface area contributed by atoms with Gasteiger partial charge >= 0.3 is 0 Å². The van der Waals surface area contributed by atoms with Crippen molar-refractivity contribution < 1.29 is 4.92 Å². The summed E-state index contributed by atoms with van der Waals surface area (Å²) in [5.74, 6) is 0.780. The van der Waals surface area contributed by atoms with Crippen molar-refractivity contribution in [3.63, 3.8) is 0 Å². The van der Waals surface area contributed by atoms with Crippen molar-refractivity contribution in [3.05, 3.63) is 31.9 Å². The standard InChI is InChI=1S/C13H17IN2O2/c1-2-3-10-6-7-15(9-10)11-4-5-13(16(17)18)12(14)8-11/h4-5,8,10H,2-3,6-7,9H2,1H3. The van der Waals surface area contributed by atoms with Crippen molar-refractivity contribution in [1.29, 1.82) is 0 Å². The highest BCUT2D eigenvalue weighted by molar-refractivity contribution is 14.1. The Bertz CT molecular complexity index is 451. The van der Waals surface area contributed by atoms with Crippen LogP contribution in [-0.4, -0.2) is 18.0 Å². The molecule has 0 N–H and O–H groups in total. The molecule has 5 heteroatoms. The minimum absolute atomic E-state index is 0.198. The Hall–Kier alpha value is -0.850. The molecular weight excluding hydrogens is 343 g/mol. The summed E-state index contributed by atoms with van der Waals surface area (Å²) in [7, 11) is 0. The van der Waals surface area contributed by atoms with Gasteiger partial charge in [0.1, 0.15) is 0 Å². The summed E-state index contributed by atoms with van der Waals surface area (Å²) in [6.45, 7) is 4.37. The first-order chi connectivity index (χ1) is 8.61. The lowest BCUT2D eigenvalue weighted by atomic mass is 10.0. The van der Waals surface area contributed by atoms with Crippen LogP contribution in [0, 0.1) is 19.6 Å². The Morgan fingerprint density at radius 1 is 1.56 bits per heavy atom. The van der Waals surface area contributed by atoms with Crippen LogP contribution >= 0.6 is 22.6 Å². The molecule has 1 saturated heterocycles. The lowest BCUT2D eigenvalue weighted by Gasteiger charge is -2.18. The van der Waals surface area contributed by atoms with Crippen LogP contribution in [0.25, 0.3) is 0 Å². The zero-order valence-corrected chi connectivity index (χ0v) is 12.6. The fraction of sp³-hybridized carbons (Fsp3) is 0.538. The van der Waals surface area contributed by atoms with E-state index in [4.69, 9.17) is 0 Å². The molecule has 1 atom stereocenters. The summed E-state index contributed by atoms with van der Waals surface area (Å²) in [6.07, 6.45) is 3.75. The third-order valence-corrected chi connectivity index (χ3v) is 4.34. The van der Waals surface area contributed by atoms with Crippen molar-refractivity contribution in [2.24, 2.45) is 5.92 Å². The Balaban J connectivity index is 2.11. The average Bonchev–Trinajstić information content (AvgIpc) is 2.77. The number of anilines is 1. The van der Waals surface area contributed by atoms with Gasteiger partial charge in [0.2, 0.25) is 0 Å². The molecule has 1 unspecified atom stereocenters. The maximum atomic E-state index is 10.8. The van der Waals surface area contributed by atoms with E-state index in [0.717, 1.165) is 24.7 Å². The zero-order valence-electron chi connectivity index (χ0n) is 10.4. The van der Waals surface area contributed by atoms with Gasteiger partial charge in [-0.25, -0.2) is 0 Å². The van der Waals surface area contributed by atoms with Crippen LogP contribution < -0.4 is 4.90 Å². The second kappa shape index (κ2) is 5.86. The summed E-state index contributed by atoms with van der Waals surface area (Å²) in [6, 6.07) is 5.41. The Labute approximate surface area is 121 Å². The zero-order chi connectivity index (χ0) is 13.1. The molecule has 18 heavy (non-hydrogen) atoms. The van der Waals surface area contributed by atoms with Gasteiger partial charge in [-0.05, 0) is 53.5 Å². The maximum Gasteiger partial charge on any atom is 0.282 e. The van der Waals surface area contributed by atoms with Gasteiger partial charge in [0.25, 0.3) is 5.69 Å². The van der Waals surface area contributed by atoms with Crippen molar-refractivity contribution in [3.8, 4) is 0 Å². The Morgan fingerprint density at radius 3 is 2.94 bits per heavy atom. The predicted octanol–water partition coefficient (Wildman–Crippen LogP) is 3.83. The molecule has 1 aliphatic heterocycles. The van der Waals surface area contributed by atoms with E-state index in [1.807, 2.05) is 34.7 Å². The van der Waals surface area contributed by atoms with E-state index in [9.17, 15) is 10.1 Å². The number of rotatable bonds is 4. The molecule has 0 saturated carbocycles. The first-order valence-corrected chi connectivity index (χ1v) is 7.38. The maximum absolute atomic E-state index is 10.8.